The molecular formula is C16H24N2O2. The topological polar surface area (TPSA) is 52.6 Å². The number of β-amino-alcohol motifs (C(OH)–C–C–N with tert-alkyl or cyclic N) is 1. The molecule has 0 saturated carbocycles. The maximum atomic E-state index is 11.7. The molecule has 4 nitrogen and oxygen atoms in total. The van der Waals surface area contributed by atoms with Crippen LogP contribution in [0.5, 0.6) is 0 Å². The molecule has 1 aliphatic rings. The molecule has 1 aromatic rings. The second-order valence-corrected chi connectivity index (χ2v) is 5.69. The Morgan fingerprint density at radius 1 is 1.55 bits per heavy atom. The number of aliphatic hydroxyl groups excluding tert-OH is 1. The van der Waals surface area contributed by atoms with Gasteiger partial charge in [0.2, 0.25) is 5.91 Å². The van der Waals surface area contributed by atoms with Gasteiger partial charge in [0.25, 0.3) is 0 Å². The third-order valence-corrected chi connectivity index (χ3v) is 3.95. The first-order valence-electron chi connectivity index (χ1n) is 7.26. The standard InChI is InChI=1S/C16H24N2O2/c1-12-4-3-5-13(8-12)14(9-16(20)17-2)10-18-7-6-15(19)11-18/h3-5,8,14-15,19H,6-7,9-11H2,1-2H3,(H,17,20)/t14-,15+/m1/s1. The van der Waals surface area contributed by atoms with Crippen LogP contribution >= 0.6 is 0 Å². The second kappa shape index (κ2) is 6.86. The van der Waals surface area contributed by atoms with Crippen molar-refractivity contribution in [1.29, 1.82) is 0 Å². The Morgan fingerprint density at radius 2 is 2.35 bits per heavy atom. The smallest absolute Gasteiger partial charge is 0.220 e. The number of benzene rings is 1. The maximum Gasteiger partial charge on any atom is 0.220 e. The Kier molecular flexibility index (Phi) is 5.15. The molecule has 2 atom stereocenters. The minimum Gasteiger partial charge on any atom is -0.392 e. The van der Waals surface area contributed by atoms with Gasteiger partial charge in [-0.3, -0.25) is 4.79 Å². The number of likely N-dealkylation sites (tertiary alicyclic amines) is 1. The zero-order valence-corrected chi connectivity index (χ0v) is 12.3. The van der Waals surface area contributed by atoms with Gasteiger partial charge in [0.15, 0.2) is 0 Å². The van der Waals surface area contributed by atoms with Gasteiger partial charge < -0.3 is 15.3 Å². The van der Waals surface area contributed by atoms with Gasteiger partial charge >= 0.3 is 0 Å². The van der Waals surface area contributed by atoms with Gasteiger partial charge in [-0.05, 0) is 18.9 Å². The molecule has 1 saturated heterocycles. The number of nitrogens with one attached hydrogen (secondary N) is 1. The molecule has 1 amide bonds. The molecule has 110 valence electrons. The monoisotopic (exact) mass is 276 g/mol. The van der Waals surface area contributed by atoms with Gasteiger partial charge in [0.1, 0.15) is 0 Å². The highest BCUT2D eigenvalue weighted by Crippen LogP contribution is 2.24. The Morgan fingerprint density at radius 3 is 2.95 bits per heavy atom. The molecule has 1 fully saturated rings. The maximum absolute atomic E-state index is 11.7. The van der Waals surface area contributed by atoms with Crippen molar-refractivity contribution in [2.24, 2.45) is 0 Å². The fourth-order valence-corrected chi connectivity index (χ4v) is 2.83. The molecule has 1 aliphatic heterocycles. The molecule has 20 heavy (non-hydrogen) atoms. The number of carbonyl (C=O) groups is 1. The van der Waals surface area contributed by atoms with Crippen molar-refractivity contribution in [2.75, 3.05) is 26.7 Å². The lowest BCUT2D eigenvalue weighted by atomic mass is 9.93. The van der Waals surface area contributed by atoms with E-state index in [0.717, 1.165) is 26.1 Å². The summed E-state index contributed by atoms with van der Waals surface area (Å²) in [6.07, 6.45) is 1.11. The van der Waals surface area contributed by atoms with E-state index in [0.29, 0.717) is 6.42 Å². The molecule has 0 aliphatic carbocycles. The van der Waals surface area contributed by atoms with Gasteiger partial charge in [-0.2, -0.15) is 0 Å². The second-order valence-electron chi connectivity index (χ2n) is 5.69. The van der Waals surface area contributed by atoms with E-state index in [1.165, 1.54) is 11.1 Å². The van der Waals surface area contributed by atoms with Crippen LogP contribution in [0.3, 0.4) is 0 Å². The summed E-state index contributed by atoms with van der Waals surface area (Å²) < 4.78 is 0. The largest absolute Gasteiger partial charge is 0.392 e. The van der Waals surface area contributed by atoms with Crippen LogP contribution in [-0.2, 0) is 4.79 Å². The molecule has 0 aromatic heterocycles. The van der Waals surface area contributed by atoms with E-state index >= 15 is 0 Å². The number of hydrogen-bond acceptors (Lipinski definition) is 3. The average molecular weight is 276 g/mol. The van der Waals surface area contributed by atoms with Crippen LogP contribution < -0.4 is 5.32 Å². The Hall–Kier alpha value is -1.39. The normalized spacial score (nSPS) is 20.9. The minimum absolute atomic E-state index is 0.0660. The van der Waals surface area contributed by atoms with E-state index < -0.39 is 0 Å². The molecule has 0 bridgehead atoms. The van der Waals surface area contributed by atoms with Crippen LogP contribution in [0, 0.1) is 6.92 Å². The SMILES string of the molecule is CNC(=O)C[C@H](CN1CC[C@H](O)C1)c1cccc(C)c1. The summed E-state index contributed by atoms with van der Waals surface area (Å²) in [7, 11) is 1.68. The van der Waals surface area contributed by atoms with Crippen LogP contribution in [0.4, 0.5) is 0 Å². The summed E-state index contributed by atoms with van der Waals surface area (Å²) >= 11 is 0. The van der Waals surface area contributed by atoms with Crippen molar-refractivity contribution in [1.82, 2.24) is 10.2 Å². The Labute approximate surface area is 120 Å². The third kappa shape index (κ3) is 4.05. The van der Waals surface area contributed by atoms with Crippen molar-refractivity contribution in [3.05, 3.63) is 35.4 Å². The number of aliphatic hydroxyl groups is 1. The molecule has 1 heterocycles. The number of hydrogen-bond donors (Lipinski definition) is 2. The molecule has 1 aromatic carbocycles. The van der Waals surface area contributed by atoms with Crippen LogP contribution in [0.1, 0.15) is 29.9 Å². The highest BCUT2D eigenvalue weighted by atomic mass is 16.3. The van der Waals surface area contributed by atoms with E-state index in [4.69, 9.17) is 0 Å². The Balaban J connectivity index is 2.09. The van der Waals surface area contributed by atoms with E-state index in [2.05, 4.69) is 35.3 Å². The molecule has 0 spiro atoms. The summed E-state index contributed by atoms with van der Waals surface area (Å²) in [5.74, 6) is 0.247. The first-order valence-corrected chi connectivity index (χ1v) is 7.26. The van der Waals surface area contributed by atoms with Crippen molar-refractivity contribution >= 4 is 5.91 Å². The third-order valence-electron chi connectivity index (χ3n) is 3.95. The lowest BCUT2D eigenvalue weighted by Crippen LogP contribution is -2.30. The van der Waals surface area contributed by atoms with Gasteiger partial charge in [-0.1, -0.05) is 29.8 Å². The quantitative estimate of drug-likeness (QED) is 0.852. The zero-order valence-electron chi connectivity index (χ0n) is 12.3. The van der Waals surface area contributed by atoms with Gasteiger partial charge in [0, 0.05) is 39.0 Å². The average Bonchev–Trinajstić information content (AvgIpc) is 2.83. The van der Waals surface area contributed by atoms with Crippen molar-refractivity contribution in [2.45, 2.75) is 31.8 Å². The fourth-order valence-electron chi connectivity index (χ4n) is 2.83. The first-order chi connectivity index (χ1) is 9.58. The summed E-state index contributed by atoms with van der Waals surface area (Å²) in [6, 6.07) is 8.35. The molecule has 0 unspecified atom stereocenters. The molecular weight excluding hydrogens is 252 g/mol. The Bertz CT molecular complexity index is 462. The van der Waals surface area contributed by atoms with Crippen LogP contribution in [0.2, 0.25) is 0 Å². The molecule has 0 radical (unpaired) electrons. The number of amides is 1. The summed E-state index contributed by atoms with van der Waals surface area (Å²) in [6.45, 7) is 4.53. The number of carbonyl (C=O) groups excluding carboxylic acids is 1. The van der Waals surface area contributed by atoms with Gasteiger partial charge in [-0.25, -0.2) is 0 Å². The highest BCUT2D eigenvalue weighted by Gasteiger charge is 2.25. The van der Waals surface area contributed by atoms with Crippen molar-refractivity contribution in [3.63, 3.8) is 0 Å². The molecule has 4 heteroatoms. The summed E-state index contributed by atoms with van der Waals surface area (Å²) in [4.78, 5) is 14.0. The van der Waals surface area contributed by atoms with Crippen LogP contribution in [0.15, 0.2) is 24.3 Å². The van der Waals surface area contributed by atoms with E-state index in [1.807, 2.05) is 6.07 Å². The lowest BCUT2D eigenvalue weighted by Gasteiger charge is -2.23. The first kappa shape index (κ1) is 15.0. The van der Waals surface area contributed by atoms with Crippen molar-refractivity contribution in [3.8, 4) is 0 Å². The summed E-state index contributed by atoms with van der Waals surface area (Å²) in [5.41, 5.74) is 2.42. The minimum atomic E-state index is -0.215. The van der Waals surface area contributed by atoms with Gasteiger partial charge in [0.05, 0.1) is 6.10 Å². The number of nitrogens with zero attached hydrogens (tertiary/aromatic N) is 1. The predicted molar refractivity (Wildman–Crippen MR) is 79.7 cm³/mol. The predicted octanol–water partition coefficient (Wildman–Crippen LogP) is 1.28. The number of rotatable bonds is 5. The summed E-state index contributed by atoms with van der Waals surface area (Å²) in [5, 5.41) is 12.3. The lowest BCUT2D eigenvalue weighted by molar-refractivity contribution is -0.121. The molecule has 2 N–H and O–H groups in total. The van der Waals surface area contributed by atoms with E-state index in [-0.39, 0.29) is 17.9 Å². The molecule has 2 rings (SSSR count). The zero-order chi connectivity index (χ0) is 14.5. The van der Waals surface area contributed by atoms with E-state index in [9.17, 15) is 9.90 Å². The van der Waals surface area contributed by atoms with Crippen molar-refractivity contribution < 1.29 is 9.90 Å². The highest BCUT2D eigenvalue weighted by molar-refractivity contribution is 5.76. The number of aryl methyl sites for hydroxylation is 1. The fraction of sp³-hybridized carbons (Fsp3) is 0.562. The van der Waals surface area contributed by atoms with Crippen LogP contribution in [-0.4, -0.2) is 48.7 Å². The van der Waals surface area contributed by atoms with E-state index in [1.54, 1.807) is 7.05 Å². The van der Waals surface area contributed by atoms with Crippen LogP contribution in [0.25, 0.3) is 0 Å². The van der Waals surface area contributed by atoms with Gasteiger partial charge in [-0.15, -0.1) is 0 Å².